The summed E-state index contributed by atoms with van der Waals surface area (Å²) >= 11 is 1.73. The van der Waals surface area contributed by atoms with Crippen molar-refractivity contribution in [3.8, 4) is 23.8 Å². The second-order valence-electron chi connectivity index (χ2n) is 3.80. The Hall–Kier alpha value is -1.77. The lowest BCUT2D eigenvalue weighted by Crippen LogP contribution is -2.16. The maximum absolute atomic E-state index is 5.57. The molecule has 1 heterocycles. The van der Waals surface area contributed by atoms with Crippen LogP contribution < -0.4 is 5.32 Å². The Balaban J connectivity index is 1.77. The molecule has 0 amide bonds. The van der Waals surface area contributed by atoms with Crippen molar-refractivity contribution in [2.45, 2.75) is 6.54 Å². The molecule has 1 aromatic heterocycles. The van der Waals surface area contributed by atoms with E-state index in [2.05, 4.69) is 21.4 Å². The number of aromatic nitrogens is 2. The van der Waals surface area contributed by atoms with Crippen LogP contribution >= 0.6 is 11.8 Å². The molecule has 0 saturated carbocycles. The Morgan fingerprint density at radius 2 is 2.11 bits per heavy atom. The van der Waals surface area contributed by atoms with Crippen LogP contribution in [0.15, 0.2) is 34.7 Å². The molecule has 0 aliphatic rings. The fourth-order valence-corrected chi connectivity index (χ4v) is 2.04. The number of terminal acetylenes is 1. The van der Waals surface area contributed by atoms with Crippen molar-refractivity contribution in [3.05, 3.63) is 36.2 Å². The van der Waals surface area contributed by atoms with Gasteiger partial charge >= 0.3 is 0 Å². The van der Waals surface area contributed by atoms with Gasteiger partial charge < -0.3 is 9.73 Å². The molecule has 1 aromatic carbocycles. The van der Waals surface area contributed by atoms with E-state index >= 15 is 0 Å². The van der Waals surface area contributed by atoms with E-state index in [0.29, 0.717) is 18.3 Å². The fourth-order valence-electron chi connectivity index (χ4n) is 1.49. The average Bonchev–Trinajstić information content (AvgIpc) is 2.92. The molecule has 0 bridgehead atoms. The van der Waals surface area contributed by atoms with Crippen molar-refractivity contribution in [1.82, 2.24) is 15.5 Å². The Labute approximate surface area is 117 Å². The molecule has 0 aliphatic carbocycles. The smallest absolute Gasteiger partial charge is 0.247 e. The second-order valence-corrected chi connectivity index (χ2v) is 4.91. The van der Waals surface area contributed by atoms with Crippen molar-refractivity contribution in [1.29, 1.82) is 0 Å². The van der Waals surface area contributed by atoms with Gasteiger partial charge in [0.2, 0.25) is 11.8 Å². The second kappa shape index (κ2) is 7.62. The van der Waals surface area contributed by atoms with E-state index in [9.17, 15) is 0 Å². The molecule has 0 fully saturated rings. The van der Waals surface area contributed by atoms with Crippen molar-refractivity contribution in [2.75, 3.05) is 18.1 Å². The molecule has 4 nitrogen and oxygen atoms in total. The van der Waals surface area contributed by atoms with Crippen LogP contribution in [0.1, 0.15) is 5.89 Å². The average molecular weight is 273 g/mol. The van der Waals surface area contributed by atoms with Crippen molar-refractivity contribution < 1.29 is 4.42 Å². The van der Waals surface area contributed by atoms with Crippen LogP contribution in [0.4, 0.5) is 0 Å². The minimum Gasteiger partial charge on any atom is -0.419 e. The summed E-state index contributed by atoms with van der Waals surface area (Å²) in [4.78, 5) is 0. The molecule has 0 atom stereocenters. The molecule has 98 valence electrons. The highest BCUT2D eigenvalue weighted by Gasteiger charge is 2.07. The third-order valence-electron chi connectivity index (χ3n) is 2.37. The highest BCUT2D eigenvalue weighted by molar-refractivity contribution is 7.99. The third-order valence-corrected chi connectivity index (χ3v) is 3.24. The minimum atomic E-state index is 0.555. The highest BCUT2D eigenvalue weighted by Crippen LogP contribution is 2.16. The normalized spacial score (nSPS) is 10.3. The molecule has 0 spiro atoms. The molecule has 0 aliphatic heterocycles. The summed E-state index contributed by atoms with van der Waals surface area (Å²) in [6.07, 6.45) is 5.17. The molecule has 2 aromatic rings. The maximum atomic E-state index is 5.57. The number of thioether (sulfide) groups is 1. The van der Waals surface area contributed by atoms with Crippen molar-refractivity contribution >= 4 is 11.8 Å². The van der Waals surface area contributed by atoms with Crippen LogP contribution in [0.3, 0.4) is 0 Å². The van der Waals surface area contributed by atoms with Gasteiger partial charge in [-0.2, -0.15) is 0 Å². The zero-order chi connectivity index (χ0) is 13.3. The van der Waals surface area contributed by atoms with Crippen LogP contribution in [0.2, 0.25) is 0 Å². The van der Waals surface area contributed by atoms with E-state index in [0.717, 1.165) is 23.6 Å². The van der Waals surface area contributed by atoms with Crippen molar-refractivity contribution in [3.63, 3.8) is 0 Å². The van der Waals surface area contributed by atoms with Gasteiger partial charge in [-0.05, 0) is 12.1 Å². The molecule has 0 saturated heterocycles. The predicted molar refractivity (Wildman–Crippen MR) is 77.6 cm³/mol. The summed E-state index contributed by atoms with van der Waals surface area (Å²) in [7, 11) is 0. The third kappa shape index (κ3) is 4.43. The van der Waals surface area contributed by atoms with Crippen LogP contribution in [0, 0.1) is 12.3 Å². The van der Waals surface area contributed by atoms with E-state index in [1.54, 1.807) is 11.8 Å². The number of nitrogens with one attached hydrogen (secondary N) is 1. The van der Waals surface area contributed by atoms with Gasteiger partial charge in [-0.15, -0.1) is 28.4 Å². The van der Waals surface area contributed by atoms with E-state index in [1.165, 1.54) is 0 Å². The van der Waals surface area contributed by atoms with Crippen LogP contribution in [-0.4, -0.2) is 28.2 Å². The van der Waals surface area contributed by atoms with Gasteiger partial charge in [0.15, 0.2) is 0 Å². The number of nitrogens with zero attached hydrogens (tertiary/aromatic N) is 2. The SMILES string of the molecule is C#CCSCCNCc1nnc(-c2ccccc2)o1. The van der Waals surface area contributed by atoms with Gasteiger partial charge in [0.25, 0.3) is 0 Å². The first-order chi connectivity index (χ1) is 9.40. The molecule has 1 N–H and O–H groups in total. The van der Waals surface area contributed by atoms with Crippen LogP contribution in [0.5, 0.6) is 0 Å². The fraction of sp³-hybridized carbons (Fsp3) is 0.286. The van der Waals surface area contributed by atoms with E-state index < -0.39 is 0 Å². The molecule has 0 radical (unpaired) electrons. The van der Waals surface area contributed by atoms with Crippen molar-refractivity contribution in [2.24, 2.45) is 0 Å². The minimum absolute atomic E-state index is 0.555. The lowest BCUT2D eigenvalue weighted by molar-refractivity contribution is 0.482. The molecular weight excluding hydrogens is 258 g/mol. The molecule has 5 heteroatoms. The van der Waals surface area contributed by atoms with E-state index in [-0.39, 0.29) is 0 Å². The highest BCUT2D eigenvalue weighted by atomic mass is 32.2. The van der Waals surface area contributed by atoms with Gasteiger partial charge in [0.1, 0.15) is 0 Å². The van der Waals surface area contributed by atoms with Gasteiger partial charge in [-0.1, -0.05) is 24.1 Å². The molecule has 0 unspecified atom stereocenters. The molecule has 2 rings (SSSR count). The number of benzene rings is 1. The Bertz CT molecular complexity index is 533. The van der Waals surface area contributed by atoms with E-state index in [4.69, 9.17) is 10.8 Å². The first-order valence-corrected chi connectivity index (χ1v) is 7.15. The zero-order valence-electron chi connectivity index (χ0n) is 10.5. The summed E-state index contributed by atoms with van der Waals surface area (Å²) < 4.78 is 5.57. The monoisotopic (exact) mass is 273 g/mol. The van der Waals surface area contributed by atoms with Gasteiger partial charge in [0, 0.05) is 17.9 Å². The number of hydrogen-bond donors (Lipinski definition) is 1. The van der Waals surface area contributed by atoms with Crippen LogP contribution in [-0.2, 0) is 6.54 Å². The lowest BCUT2D eigenvalue weighted by Gasteiger charge is -1.99. The van der Waals surface area contributed by atoms with Crippen LogP contribution in [0.25, 0.3) is 11.5 Å². The largest absolute Gasteiger partial charge is 0.419 e. The molecule has 19 heavy (non-hydrogen) atoms. The predicted octanol–water partition coefficient (Wildman–Crippen LogP) is 2.19. The quantitative estimate of drug-likeness (QED) is 0.619. The summed E-state index contributed by atoms with van der Waals surface area (Å²) in [5.74, 6) is 5.47. The Morgan fingerprint density at radius 3 is 2.89 bits per heavy atom. The Morgan fingerprint density at radius 1 is 1.26 bits per heavy atom. The number of rotatable bonds is 7. The first kappa shape index (κ1) is 13.7. The summed E-state index contributed by atoms with van der Waals surface area (Å²) in [5, 5.41) is 11.3. The first-order valence-electron chi connectivity index (χ1n) is 6.00. The Kier molecular flexibility index (Phi) is 5.48. The maximum Gasteiger partial charge on any atom is 0.247 e. The summed E-state index contributed by atoms with van der Waals surface area (Å²) in [6.45, 7) is 1.45. The van der Waals surface area contributed by atoms with E-state index in [1.807, 2.05) is 30.3 Å². The standard InChI is InChI=1S/C14H15N3OS/c1-2-9-19-10-8-15-11-13-16-17-14(18-13)12-6-4-3-5-7-12/h1,3-7,15H,8-11H2. The zero-order valence-corrected chi connectivity index (χ0v) is 11.3. The van der Waals surface area contributed by atoms with Gasteiger partial charge in [0.05, 0.1) is 12.3 Å². The van der Waals surface area contributed by atoms with Gasteiger partial charge in [-0.25, -0.2) is 0 Å². The molecular formula is C14H15N3OS. The summed E-state index contributed by atoms with van der Waals surface area (Å²) in [6, 6.07) is 9.74. The van der Waals surface area contributed by atoms with Gasteiger partial charge in [-0.3, -0.25) is 0 Å². The lowest BCUT2D eigenvalue weighted by atomic mass is 10.2. The summed E-state index contributed by atoms with van der Waals surface area (Å²) in [5.41, 5.74) is 0.936. The number of hydrogen-bond acceptors (Lipinski definition) is 5. The topological polar surface area (TPSA) is 51.0 Å².